The molecular weight excluding hydrogens is 433 g/mol. The number of hydrogen-bond acceptors (Lipinski definition) is 5. The average molecular weight is 462 g/mol. The largest absolute Gasteiger partial charge is 0.393 e. The molecule has 0 saturated heterocycles. The number of halogens is 2. The highest BCUT2D eigenvalue weighted by molar-refractivity contribution is 7.16. The molecule has 0 radical (unpaired) electrons. The molecule has 5 nitrogen and oxygen atoms in total. The summed E-state index contributed by atoms with van der Waals surface area (Å²) in [6, 6.07) is 1.81. The van der Waals surface area contributed by atoms with E-state index >= 15 is 0 Å². The molecule has 1 aliphatic rings. The smallest absolute Gasteiger partial charge is 0.217 e. The molecular formula is C21H29Cl2NO4S. The number of aliphatic hydroxyl groups excluding tert-OH is 3. The summed E-state index contributed by atoms with van der Waals surface area (Å²) >= 11 is 13.3. The number of unbranched alkanes of at least 4 members (excludes halogenated alkanes) is 1. The highest BCUT2D eigenvalue weighted by atomic mass is 35.5. The van der Waals surface area contributed by atoms with Crippen molar-refractivity contribution in [1.82, 2.24) is 0 Å². The summed E-state index contributed by atoms with van der Waals surface area (Å²) in [5.74, 6) is -0.613. The first-order chi connectivity index (χ1) is 13.8. The molecule has 1 amide bonds. The zero-order valence-electron chi connectivity index (χ0n) is 16.2. The normalized spacial score (nSPS) is 26.0. The monoisotopic (exact) mass is 461 g/mol. The number of hydrogen-bond donors (Lipinski definition) is 4. The Morgan fingerprint density at radius 2 is 2.07 bits per heavy atom. The fraction of sp³-hybridized carbons (Fsp3) is 0.571. The fourth-order valence-electron chi connectivity index (χ4n) is 3.63. The molecule has 5 N–H and O–H groups in total. The Balaban J connectivity index is 1.83. The van der Waals surface area contributed by atoms with Crippen molar-refractivity contribution in [3.63, 3.8) is 0 Å². The number of aliphatic hydroxyl groups is 3. The molecule has 1 aliphatic carbocycles. The van der Waals surface area contributed by atoms with Gasteiger partial charge in [0.25, 0.3) is 0 Å². The van der Waals surface area contributed by atoms with Gasteiger partial charge in [-0.3, -0.25) is 4.79 Å². The average Bonchev–Trinajstić information content (AvgIpc) is 3.11. The fourth-order valence-corrected chi connectivity index (χ4v) is 5.08. The Morgan fingerprint density at radius 1 is 1.31 bits per heavy atom. The number of thiophene rings is 1. The SMILES string of the molecule is NC(=O)CCC/C=C/CC1C(O)CC(O)C1/C=C/C(O)CCc1cc(Cl)c(Cl)s1. The first-order valence-electron chi connectivity index (χ1n) is 9.87. The Labute approximate surface area is 185 Å². The lowest BCUT2D eigenvalue weighted by atomic mass is 9.89. The van der Waals surface area contributed by atoms with E-state index in [4.69, 9.17) is 28.9 Å². The Hall–Kier alpha value is -0.890. The van der Waals surface area contributed by atoms with E-state index in [2.05, 4.69) is 0 Å². The number of amides is 1. The summed E-state index contributed by atoms with van der Waals surface area (Å²) in [6.07, 6.45) is 9.60. The van der Waals surface area contributed by atoms with Crippen molar-refractivity contribution < 1.29 is 20.1 Å². The van der Waals surface area contributed by atoms with E-state index in [9.17, 15) is 20.1 Å². The number of nitrogens with two attached hydrogens (primary N) is 1. The first-order valence-corrected chi connectivity index (χ1v) is 11.4. The van der Waals surface area contributed by atoms with Crippen LogP contribution in [0, 0.1) is 11.8 Å². The molecule has 0 aromatic carbocycles. The predicted molar refractivity (Wildman–Crippen MR) is 118 cm³/mol. The maximum absolute atomic E-state index is 10.7. The predicted octanol–water partition coefficient (Wildman–Crippen LogP) is 3.86. The van der Waals surface area contributed by atoms with Crippen LogP contribution in [0.1, 0.15) is 43.4 Å². The van der Waals surface area contributed by atoms with Crippen LogP contribution in [0.4, 0.5) is 0 Å². The third-order valence-corrected chi connectivity index (χ3v) is 7.15. The molecule has 1 aromatic rings. The molecule has 2 rings (SSSR count). The number of allylic oxidation sites excluding steroid dienone is 2. The van der Waals surface area contributed by atoms with Gasteiger partial charge in [-0.05, 0) is 44.1 Å². The minimum absolute atomic E-state index is 0.101. The van der Waals surface area contributed by atoms with Gasteiger partial charge in [0.15, 0.2) is 0 Å². The van der Waals surface area contributed by atoms with Gasteiger partial charge in [0.1, 0.15) is 4.34 Å². The van der Waals surface area contributed by atoms with E-state index in [1.807, 2.05) is 24.3 Å². The van der Waals surface area contributed by atoms with Crippen molar-refractivity contribution in [2.24, 2.45) is 17.6 Å². The third-order valence-electron chi connectivity index (χ3n) is 5.22. The maximum atomic E-state index is 10.7. The molecule has 1 heterocycles. The first kappa shape index (κ1) is 24.4. The summed E-state index contributed by atoms with van der Waals surface area (Å²) in [5.41, 5.74) is 5.12. The topological polar surface area (TPSA) is 104 Å². The van der Waals surface area contributed by atoms with Gasteiger partial charge in [-0.15, -0.1) is 11.3 Å². The number of rotatable bonds is 11. The van der Waals surface area contributed by atoms with Crippen molar-refractivity contribution in [2.45, 2.75) is 63.3 Å². The molecule has 1 fully saturated rings. The van der Waals surface area contributed by atoms with Crippen molar-refractivity contribution in [3.05, 3.63) is 44.6 Å². The van der Waals surface area contributed by atoms with E-state index in [1.54, 1.807) is 6.08 Å². The van der Waals surface area contributed by atoms with Crippen LogP contribution in [0.15, 0.2) is 30.4 Å². The summed E-state index contributed by atoms with van der Waals surface area (Å²) < 4.78 is 0.556. The lowest BCUT2D eigenvalue weighted by molar-refractivity contribution is -0.118. The van der Waals surface area contributed by atoms with Gasteiger partial charge in [0.2, 0.25) is 5.91 Å². The van der Waals surface area contributed by atoms with Crippen molar-refractivity contribution in [1.29, 1.82) is 0 Å². The van der Waals surface area contributed by atoms with Gasteiger partial charge in [-0.25, -0.2) is 0 Å². The van der Waals surface area contributed by atoms with Gasteiger partial charge in [-0.1, -0.05) is 47.5 Å². The lowest BCUT2D eigenvalue weighted by Gasteiger charge is -2.19. The molecule has 8 heteroatoms. The molecule has 1 saturated carbocycles. The van der Waals surface area contributed by atoms with Gasteiger partial charge in [-0.2, -0.15) is 0 Å². The zero-order valence-corrected chi connectivity index (χ0v) is 18.5. The minimum Gasteiger partial charge on any atom is -0.393 e. The number of carbonyl (C=O) groups excluding carboxylic acids is 1. The summed E-state index contributed by atoms with van der Waals surface area (Å²) in [4.78, 5) is 11.7. The van der Waals surface area contributed by atoms with Gasteiger partial charge in [0.05, 0.1) is 23.3 Å². The van der Waals surface area contributed by atoms with Crippen LogP contribution >= 0.6 is 34.5 Å². The van der Waals surface area contributed by atoms with Crippen LogP contribution in [-0.4, -0.2) is 39.5 Å². The second kappa shape index (κ2) is 12.1. The van der Waals surface area contributed by atoms with E-state index < -0.39 is 18.3 Å². The molecule has 0 aliphatic heterocycles. The molecule has 29 heavy (non-hydrogen) atoms. The minimum atomic E-state index is -0.649. The van der Waals surface area contributed by atoms with E-state index in [0.717, 1.165) is 11.3 Å². The molecule has 5 unspecified atom stereocenters. The van der Waals surface area contributed by atoms with Gasteiger partial charge < -0.3 is 21.1 Å². The Bertz CT molecular complexity index is 702. The van der Waals surface area contributed by atoms with Crippen LogP contribution in [0.25, 0.3) is 0 Å². The second-order valence-electron chi connectivity index (χ2n) is 7.50. The molecule has 0 bridgehead atoms. The molecule has 1 aromatic heterocycles. The van der Waals surface area contributed by atoms with E-state index in [0.29, 0.717) is 47.9 Å². The summed E-state index contributed by atoms with van der Waals surface area (Å²) in [5, 5.41) is 31.4. The van der Waals surface area contributed by atoms with Crippen LogP contribution in [0.5, 0.6) is 0 Å². The Kier molecular flexibility index (Phi) is 10.2. The number of carbonyl (C=O) groups is 1. The zero-order chi connectivity index (χ0) is 21.4. The highest BCUT2D eigenvalue weighted by Crippen LogP contribution is 2.36. The Morgan fingerprint density at radius 3 is 2.72 bits per heavy atom. The molecule has 162 valence electrons. The summed E-state index contributed by atoms with van der Waals surface area (Å²) in [6.45, 7) is 0. The van der Waals surface area contributed by atoms with E-state index in [1.165, 1.54) is 11.3 Å². The van der Waals surface area contributed by atoms with Crippen molar-refractivity contribution in [2.75, 3.05) is 0 Å². The summed E-state index contributed by atoms with van der Waals surface area (Å²) in [7, 11) is 0. The van der Waals surface area contributed by atoms with Crippen LogP contribution in [-0.2, 0) is 11.2 Å². The maximum Gasteiger partial charge on any atom is 0.217 e. The lowest BCUT2D eigenvalue weighted by Crippen LogP contribution is -2.20. The van der Waals surface area contributed by atoms with Crippen molar-refractivity contribution >= 4 is 40.4 Å². The van der Waals surface area contributed by atoms with Crippen LogP contribution in [0.2, 0.25) is 9.36 Å². The van der Waals surface area contributed by atoms with Crippen LogP contribution in [0.3, 0.4) is 0 Å². The standard InChI is InChI=1S/C21H29Cl2NO4S/c22-17-11-14(29-21(17)23)9-7-13(25)8-10-16-15(18(26)12-19(16)27)5-3-1-2-4-6-20(24)28/h1,3,8,10-11,13,15-16,18-19,25-27H,2,4-7,9,12H2,(H2,24,28)/b3-1+,10-8+. The number of aryl methyl sites for hydroxylation is 1. The quantitative estimate of drug-likeness (QED) is 0.296. The van der Waals surface area contributed by atoms with Gasteiger partial charge >= 0.3 is 0 Å². The van der Waals surface area contributed by atoms with Gasteiger partial charge in [0, 0.05) is 23.6 Å². The molecule has 5 atom stereocenters. The van der Waals surface area contributed by atoms with E-state index in [-0.39, 0.29) is 17.7 Å². The number of primary amides is 1. The molecule has 0 spiro atoms. The highest BCUT2D eigenvalue weighted by Gasteiger charge is 2.39. The van der Waals surface area contributed by atoms with Crippen LogP contribution < -0.4 is 5.73 Å². The second-order valence-corrected chi connectivity index (χ2v) is 9.65. The third kappa shape index (κ3) is 8.04. The van der Waals surface area contributed by atoms with Crippen molar-refractivity contribution in [3.8, 4) is 0 Å².